The number of hydrogen-bond acceptors (Lipinski definition) is 6. The summed E-state index contributed by atoms with van der Waals surface area (Å²) in [6.45, 7) is 4.47. The van der Waals surface area contributed by atoms with Crippen LogP contribution in [0.25, 0.3) is 0 Å². The summed E-state index contributed by atoms with van der Waals surface area (Å²) in [5.74, 6) is 0.256. The topological polar surface area (TPSA) is 77.5 Å². The van der Waals surface area contributed by atoms with Gasteiger partial charge in [0.1, 0.15) is 10.6 Å². The Morgan fingerprint density at radius 3 is 2.52 bits per heavy atom. The Kier molecular flexibility index (Phi) is 6.94. The molecular formula is C18H22N2O4S. The number of amides is 1. The number of anilines is 1. The van der Waals surface area contributed by atoms with Crippen LogP contribution in [0.5, 0.6) is 5.75 Å². The Labute approximate surface area is 151 Å². The number of ether oxygens (including phenoxy) is 2. The fourth-order valence-corrected chi connectivity index (χ4v) is 3.24. The Morgan fingerprint density at radius 2 is 1.92 bits per heavy atom. The smallest absolute Gasteiger partial charge is 0.350 e. The molecule has 0 unspecified atom stereocenters. The maximum atomic E-state index is 12.1. The minimum Gasteiger partial charge on any atom is -0.494 e. The number of esters is 1. The van der Waals surface area contributed by atoms with Gasteiger partial charge in [0.2, 0.25) is 5.91 Å². The van der Waals surface area contributed by atoms with Crippen molar-refractivity contribution in [2.75, 3.05) is 19.0 Å². The number of aromatic nitrogens is 1. The molecule has 0 aliphatic heterocycles. The zero-order chi connectivity index (χ0) is 18.2. The second kappa shape index (κ2) is 9.17. The van der Waals surface area contributed by atoms with Crippen LogP contribution in [0.1, 0.15) is 41.2 Å². The molecule has 0 aliphatic carbocycles. The van der Waals surface area contributed by atoms with Crippen LogP contribution in [-0.2, 0) is 22.4 Å². The van der Waals surface area contributed by atoms with Gasteiger partial charge in [-0.2, -0.15) is 0 Å². The molecule has 0 saturated carbocycles. The van der Waals surface area contributed by atoms with Gasteiger partial charge < -0.3 is 14.8 Å². The number of nitrogens with zero attached hydrogens (tertiary/aromatic N) is 1. The van der Waals surface area contributed by atoms with E-state index in [0.29, 0.717) is 41.6 Å². The molecule has 2 rings (SSSR count). The van der Waals surface area contributed by atoms with Crippen LogP contribution in [0, 0.1) is 0 Å². The van der Waals surface area contributed by atoms with E-state index < -0.39 is 5.97 Å². The molecule has 0 radical (unpaired) electrons. The maximum Gasteiger partial charge on any atom is 0.350 e. The van der Waals surface area contributed by atoms with Crippen molar-refractivity contribution in [3.05, 3.63) is 40.4 Å². The van der Waals surface area contributed by atoms with Gasteiger partial charge in [0, 0.05) is 6.42 Å². The monoisotopic (exact) mass is 362 g/mol. The SMILES string of the molecule is CCOc1ccc(CCC(=O)Nc2nc(CC)c(C(=O)OC)s2)cc1. The van der Waals surface area contributed by atoms with Crippen molar-refractivity contribution in [2.45, 2.75) is 33.1 Å². The van der Waals surface area contributed by atoms with Crippen molar-refractivity contribution >= 4 is 28.3 Å². The average molecular weight is 362 g/mol. The highest BCUT2D eigenvalue weighted by molar-refractivity contribution is 7.17. The first-order chi connectivity index (χ1) is 12.1. The van der Waals surface area contributed by atoms with Crippen LogP contribution in [0.15, 0.2) is 24.3 Å². The van der Waals surface area contributed by atoms with Crippen molar-refractivity contribution < 1.29 is 19.1 Å². The van der Waals surface area contributed by atoms with Crippen LogP contribution in [0.2, 0.25) is 0 Å². The van der Waals surface area contributed by atoms with Gasteiger partial charge in [0.15, 0.2) is 5.13 Å². The number of methoxy groups -OCH3 is 1. The highest BCUT2D eigenvalue weighted by atomic mass is 32.1. The number of carbonyl (C=O) groups is 2. The van der Waals surface area contributed by atoms with Gasteiger partial charge in [0.05, 0.1) is 19.4 Å². The van der Waals surface area contributed by atoms with Crippen molar-refractivity contribution in [3.8, 4) is 5.75 Å². The van der Waals surface area contributed by atoms with Gasteiger partial charge in [0.25, 0.3) is 0 Å². The minimum atomic E-state index is -0.427. The van der Waals surface area contributed by atoms with Gasteiger partial charge in [-0.1, -0.05) is 30.4 Å². The summed E-state index contributed by atoms with van der Waals surface area (Å²) < 4.78 is 10.1. The van der Waals surface area contributed by atoms with Crippen LogP contribution in [0.3, 0.4) is 0 Å². The lowest BCUT2D eigenvalue weighted by atomic mass is 10.1. The molecule has 0 atom stereocenters. The van der Waals surface area contributed by atoms with E-state index in [2.05, 4.69) is 10.3 Å². The van der Waals surface area contributed by atoms with E-state index in [-0.39, 0.29) is 5.91 Å². The molecule has 0 bridgehead atoms. The van der Waals surface area contributed by atoms with Gasteiger partial charge in [-0.15, -0.1) is 0 Å². The zero-order valence-electron chi connectivity index (χ0n) is 14.6. The number of nitrogens with one attached hydrogen (secondary N) is 1. The first kappa shape index (κ1) is 18.9. The van der Waals surface area contributed by atoms with Gasteiger partial charge in [-0.05, 0) is 37.5 Å². The van der Waals surface area contributed by atoms with Crippen LogP contribution < -0.4 is 10.1 Å². The Bertz CT molecular complexity index is 725. The van der Waals surface area contributed by atoms with Crippen molar-refractivity contribution in [1.82, 2.24) is 4.98 Å². The van der Waals surface area contributed by atoms with Gasteiger partial charge >= 0.3 is 5.97 Å². The molecule has 0 fully saturated rings. The third kappa shape index (κ3) is 5.29. The molecule has 1 aromatic carbocycles. The summed E-state index contributed by atoms with van der Waals surface area (Å²) in [7, 11) is 1.33. The number of aryl methyl sites for hydroxylation is 2. The summed E-state index contributed by atoms with van der Waals surface area (Å²) >= 11 is 1.14. The summed E-state index contributed by atoms with van der Waals surface area (Å²) in [6, 6.07) is 7.69. The average Bonchev–Trinajstić information content (AvgIpc) is 3.03. The summed E-state index contributed by atoms with van der Waals surface area (Å²) in [5.41, 5.74) is 1.70. The molecule has 134 valence electrons. The van der Waals surface area contributed by atoms with E-state index in [0.717, 1.165) is 22.6 Å². The molecule has 7 heteroatoms. The molecule has 0 saturated heterocycles. The molecule has 1 N–H and O–H groups in total. The van der Waals surface area contributed by atoms with Gasteiger partial charge in [-0.3, -0.25) is 4.79 Å². The number of benzene rings is 1. The lowest BCUT2D eigenvalue weighted by Crippen LogP contribution is -2.12. The molecule has 0 aliphatic rings. The summed E-state index contributed by atoms with van der Waals surface area (Å²) in [6.07, 6.45) is 1.56. The van der Waals surface area contributed by atoms with E-state index >= 15 is 0 Å². The quantitative estimate of drug-likeness (QED) is 0.728. The van der Waals surface area contributed by atoms with E-state index in [1.54, 1.807) is 0 Å². The normalized spacial score (nSPS) is 10.4. The predicted molar refractivity (Wildman–Crippen MR) is 97.4 cm³/mol. The first-order valence-corrected chi connectivity index (χ1v) is 8.98. The van der Waals surface area contributed by atoms with Crippen molar-refractivity contribution in [3.63, 3.8) is 0 Å². The molecule has 1 heterocycles. The molecule has 0 spiro atoms. The van der Waals surface area contributed by atoms with Crippen molar-refractivity contribution in [1.29, 1.82) is 0 Å². The van der Waals surface area contributed by atoms with Crippen molar-refractivity contribution in [2.24, 2.45) is 0 Å². The fraction of sp³-hybridized carbons (Fsp3) is 0.389. The third-order valence-electron chi connectivity index (χ3n) is 3.52. The second-order valence-electron chi connectivity index (χ2n) is 5.27. The number of rotatable bonds is 8. The number of hydrogen-bond donors (Lipinski definition) is 1. The largest absolute Gasteiger partial charge is 0.494 e. The van der Waals surface area contributed by atoms with Gasteiger partial charge in [-0.25, -0.2) is 9.78 Å². The predicted octanol–water partition coefficient (Wildman–Crippen LogP) is 3.46. The van der Waals surface area contributed by atoms with Crippen LogP contribution in [-0.4, -0.2) is 30.6 Å². The van der Waals surface area contributed by atoms with E-state index in [4.69, 9.17) is 9.47 Å². The Morgan fingerprint density at radius 1 is 1.20 bits per heavy atom. The molecule has 1 amide bonds. The summed E-state index contributed by atoms with van der Waals surface area (Å²) in [4.78, 5) is 28.6. The molecule has 6 nitrogen and oxygen atoms in total. The molecule has 25 heavy (non-hydrogen) atoms. The van der Waals surface area contributed by atoms with E-state index in [1.165, 1.54) is 7.11 Å². The zero-order valence-corrected chi connectivity index (χ0v) is 15.4. The Hall–Kier alpha value is -2.41. The molecule has 1 aromatic heterocycles. The third-order valence-corrected chi connectivity index (χ3v) is 4.52. The van der Waals surface area contributed by atoms with E-state index in [1.807, 2.05) is 38.1 Å². The fourth-order valence-electron chi connectivity index (χ4n) is 2.26. The standard InChI is InChI=1S/C18H22N2O4S/c1-4-14-16(17(22)23-3)25-18(19-14)20-15(21)11-8-12-6-9-13(10-7-12)24-5-2/h6-7,9-10H,4-5,8,11H2,1-3H3,(H,19,20,21). The van der Waals surface area contributed by atoms with Crippen LogP contribution in [0.4, 0.5) is 5.13 Å². The first-order valence-electron chi connectivity index (χ1n) is 8.17. The maximum absolute atomic E-state index is 12.1. The highest BCUT2D eigenvalue weighted by Gasteiger charge is 2.18. The number of thiazole rings is 1. The second-order valence-corrected chi connectivity index (χ2v) is 6.26. The molecular weight excluding hydrogens is 340 g/mol. The Balaban J connectivity index is 1.91. The highest BCUT2D eigenvalue weighted by Crippen LogP contribution is 2.24. The van der Waals surface area contributed by atoms with Crippen LogP contribution >= 0.6 is 11.3 Å². The summed E-state index contributed by atoms with van der Waals surface area (Å²) in [5, 5.41) is 3.18. The molecule has 2 aromatic rings. The lowest BCUT2D eigenvalue weighted by molar-refractivity contribution is -0.116. The minimum absolute atomic E-state index is 0.137. The van der Waals surface area contributed by atoms with E-state index in [9.17, 15) is 9.59 Å². The lowest BCUT2D eigenvalue weighted by Gasteiger charge is -2.05. The number of carbonyl (C=O) groups excluding carboxylic acids is 2.